The molecule has 0 aliphatic rings. The molecule has 0 saturated carbocycles. The van der Waals surface area contributed by atoms with Gasteiger partial charge in [0.2, 0.25) is 0 Å². The Morgan fingerprint density at radius 2 is 1.17 bits per heavy atom. The lowest BCUT2D eigenvalue weighted by Crippen LogP contribution is -2.49. The Morgan fingerprint density at radius 3 is 1.66 bits per heavy atom. The predicted molar refractivity (Wildman–Crippen MR) is 246 cm³/mol. The number of nitrogens with one attached hydrogen (secondary N) is 2. The van der Waals surface area contributed by atoms with Gasteiger partial charge in [-0.25, -0.2) is 18.4 Å². The van der Waals surface area contributed by atoms with E-state index in [-0.39, 0.29) is 28.3 Å². The number of esters is 1. The summed E-state index contributed by atoms with van der Waals surface area (Å²) in [6, 6.07) is 43.8. The zero-order valence-electron chi connectivity index (χ0n) is 34.1. The zero-order chi connectivity index (χ0) is 45.7. The summed E-state index contributed by atoms with van der Waals surface area (Å²) in [6.45, 7) is 0.957. The summed E-state index contributed by atoms with van der Waals surface area (Å²) >= 11 is 0. The van der Waals surface area contributed by atoms with Gasteiger partial charge in [0.25, 0.3) is 0 Å². The Labute approximate surface area is 369 Å². The van der Waals surface area contributed by atoms with Crippen LogP contribution in [0.4, 0.5) is 22.7 Å². The number of ether oxygens (including phenoxy) is 1. The van der Waals surface area contributed by atoms with Gasteiger partial charge in [-0.05, 0) is 76.3 Å². The second-order valence-corrected chi connectivity index (χ2v) is 19.4. The molecule has 16 heteroatoms. The molecule has 0 aromatic heterocycles. The molecule has 0 amide bonds. The second-order valence-electron chi connectivity index (χ2n) is 15.1. The fourth-order valence-electron chi connectivity index (χ4n) is 7.22. The van der Waals surface area contributed by atoms with Crippen molar-refractivity contribution in [2.45, 2.75) is 28.8 Å². The maximum Gasteiger partial charge on any atom is 0.331 e. The van der Waals surface area contributed by atoms with E-state index < -0.39 is 58.6 Å². The van der Waals surface area contributed by atoms with Crippen molar-refractivity contribution in [2.75, 3.05) is 27.9 Å². The zero-order valence-corrected chi connectivity index (χ0v) is 35.7. The summed E-state index contributed by atoms with van der Waals surface area (Å²) < 4.78 is 70.4. The van der Waals surface area contributed by atoms with E-state index in [1.54, 1.807) is 66.7 Å². The van der Waals surface area contributed by atoms with Gasteiger partial charge in [-0.15, -0.1) is 9.53 Å². The summed E-state index contributed by atoms with van der Waals surface area (Å²) in [5, 5.41) is 23.2. The molecule has 7 aromatic rings. The van der Waals surface area contributed by atoms with Crippen molar-refractivity contribution in [1.82, 2.24) is 0 Å². The molecule has 7 aromatic carbocycles. The highest BCUT2D eigenvalue weighted by atomic mass is 32.3. The number of rotatable bonds is 16. The first-order valence-electron chi connectivity index (χ1n) is 19.7. The quantitative estimate of drug-likeness (QED) is 0.0126. The Hall–Kier alpha value is -7.34. The number of anilines is 4. The number of carbonyl (C=O) groups excluding carboxylic acids is 2. The summed E-state index contributed by atoms with van der Waals surface area (Å²) in [6.07, 6.45) is 0. The number of hydrogen-bond donors (Lipinski definition) is 7. The molecule has 0 aliphatic heterocycles. The van der Waals surface area contributed by atoms with Gasteiger partial charge >= 0.3 is 5.97 Å². The predicted octanol–water partition coefficient (Wildman–Crippen LogP) is 7.23. The molecule has 0 radical (unpaired) electrons. The van der Waals surface area contributed by atoms with Gasteiger partial charge in [0.15, 0.2) is 11.5 Å². The summed E-state index contributed by atoms with van der Waals surface area (Å²) in [5.74, 6) is -5.18. The van der Waals surface area contributed by atoms with E-state index in [1.165, 1.54) is 12.1 Å². The molecule has 0 unspecified atom stereocenters. The van der Waals surface area contributed by atoms with E-state index in [2.05, 4.69) is 10.6 Å². The fourth-order valence-corrected chi connectivity index (χ4v) is 9.45. The highest BCUT2D eigenvalue weighted by Crippen LogP contribution is 2.43. The van der Waals surface area contributed by atoms with Gasteiger partial charge in [0, 0.05) is 53.4 Å². The molecule has 64 heavy (non-hydrogen) atoms. The number of phenolic OH excluding ortho intramolecular Hbond substituents is 1. The Morgan fingerprint density at radius 1 is 0.672 bits per heavy atom. The third-order valence-corrected chi connectivity index (χ3v) is 13.4. The monoisotopic (exact) mass is 898 g/mol. The van der Waals surface area contributed by atoms with E-state index in [1.807, 2.05) is 60.7 Å². The van der Waals surface area contributed by atoms with E-state index in [9.17, 15) is 36.4 Å². The highest BCUT2D eigenvalue weighted by Gasteiger charge is 2.34. The Bertz CT molecular complexity index is 2940. The molecule has 328 valence electrons. The molecule has 0 fully saturated rings. The van der Waals surface area contributed by atoms with E-state index in [4.69, 9.17) is 21.3 Å². The first kappa shape index (κ1) is 44.7. The largest absolute Gasteiger partial charge is 0.744 e. The minimum Gasteiger partial charge on any atom is -0.744 e. The Kier molecular flexibility index (Phi) is 12.7. The fraction of sp³-hybridized carbons (Fsp3) is 0.0833. The van der Waals surface area contributed by atoms with Crippen molar-refractivity contribution < 1.29 is 41.2 Å². The van der Waals surface area contributed by atoms with E-state index in [0.717, 1.165) is 29.3 Å². The van der Waals surface area contributed by atoms with Crippen LogP contribution < -0.4 is 32.0 Å². The van der Waals surface area contributed by atoms with Crippen LogP contribution in [0.3, 0.4) is 0 Å². The average Bonchev–Trinajstić information content (AvgIpc) is 3.26. The lowest BCUT2D eigenvalue weighted by molar-refractivity contribution is -0.131. The van der Waals surface area contributed by atoms with Crippen molar-refractivity contribution >= 4 is 54.2 Å². The van der Waals surface area contributed by atoms with Crippen LogP contribution in [0.1, 0.15) is 49.7 Å². The van der Waals surface area contributed by atoms with Crippen LogP contribution in [0.5, 0.6) is 11.5 Å². The number of aromatic hydroxyl groups is 1. The van der Waals surface area contributed by atoms with E-state index >= 15 is 0 Å². The minimum atomic E-state index is -5.82. The smallest absolute Gasteiger partial charge is 0.331 e. The molecule has 0 aliphatic carbocycles. The van der Waals surface area contributed by atoms with Gasteiger partial charge in [-0.1, -0.05) is 109 Å². The molecular formula is C48H44N5O9S2-. The van der Waals surface area contributed by atoms with Crippen LogP contribution in [-0.4, -0.2) is 44.3 Å². The molecule has 10 N–H and O–H groups in total. The van der Waals surface area contributed by atoms with Gasteiger partial charge in [0.05, 0.1) is 15.4 Å². The summed E-state index contributed by atoms with van der Waals surface area (Å²) in [7, 11) is -11.3. The first-order chi connectivity index (χ1) is 30.4. The van der Waals surface area contributed by atoms with E-state index in [0.29, 0.717) is 47.2 Å². The standard InChI is InChI=1S/C48H45N5O9S2/c49-42-24-34(52-28-31-10-4-1-5-11-31)16-20-38(42)47(39-21-17-35(25-43(39)50)53-29-32-12-6-2-7-13-32)41-23-19-37(27-45(41)63(57,58)59)64(51,60,61)30-46(55)62-36-18-22-40(44(54)26-36)48(56)33-14-8-3-9-15-33/h1-27,47,52-54H,28-30,49-50H2,(H3,51,60,61)(H,57,58,59)/p-1. The normalized spacial score (nSPS) is 12.2. The number of phenols is 1. The lowest BCUT2D eigenvalue weighted by Gasteiger charge is -2.38. The number of nitrogen functional groups attached to an aromatic ring is 2. The van der Waals surface area contributed by atoms with Crippen molar-refractivity contribution in [3.63, 3.8) is 0 Å². The summed E-state index contributed by atoms with van der Waals surface area (Å²) in [5.41, 5.74) is 17.9. The molecule has 0 saturated heterocycles. The maximum absolute atomic E-state index is 14.2. The number of benzene rings is 7. The first-order valence-corrected chi connectivity index (χ1v) is 23.3. The van der Waals surface area contributed by atoms with Crippen molar-refractivity contribution in [2.24, 2.45) is 5.14 Å². The molecule has 0 heterocycles. The third kappa shape index (κ3) is 10.5. The van der Waals surface area contributed by atoms with Crippen molar-refractivity contribution in [1.29, 1.82) is 0 Å². The van der Waals surface area contributed by atoms with Crippen LogP contribution >= 0.6 is 0 Å². The lowest BCUT2D eigenvalue weighted by atomic mass is 9.83. The van der Waals surface area contributed by atoms with Crippen LogP contribution in [-0.2, 0) is 37.5 Å². The van der Waals surface area contributed by atoms with Gasteiger partial charge in [-0.2, -0.15) is 4.21 Å². The molecule has 7 rings (SSSR count). The second kappa shape index (κ2) is 18.2. The maximum atomic E-state index is 14.2. The third-order valence-electron chi connectivity index (χ3n) is 10.4. The number of ketones is 1. The highest BCUT2D eigenvalue weighted by molar-refractivity contribution is 8.13. The Balaban J connectivity index is 1.22. The van der Waals surface area contributed by atoms with Gasteiger partial charge < -0.3 is 36.5 Å². The van der Waals surface area contributed by atoms with Gasteiger partial charge in [-0.3, -0.25) is 9.35 Å². The summed E-state index contributed by atoms with van der Waals surface area (Å²) in [4.78, 5) is 24.4. The molecule has 0 atom stereocenters. The molecule has 0 bridgehead atoms. The van der Waals surface area contributed by atoms with Crippen LogP contribution in [0.25, 0.3) is 0 Å². The molecule has 0 spiro atoms. The topological polar surface area (TPSA) is 260 Å². The molecular weight excluding hydrogens is 855 g/mol. The number of hydrogen-bond acceptors (Lipinski definition) is 12. The van der Waals surface area contributed by atoms with Crippen molar-refractivity contribution in [3.05, 3.63) is 203 Å². The van der Waals surface area contributed by atoms with Gasteiger partial charge in [0.1, 0.15) is 21.6 Å². The van der Waals surface area contributed by atoms with Crippen molar-refractivity contribution in [3.8, 4) is 11.5 Å². The number of carbonyl (C=O) groups is 2. The average molecular weight is 899 g/mol. The number of nitrogens with two attached hydrogens (primary N) is 3. The van der Waals surface area contributed by atoms with Crippen LogP contribution in [0.15, 0.2) is 174 Å². The van der Waals surface area contributed by atoms with Crippen LogP contribution in [0, 0.1) is 0 Å². The molecule has 14 nitrogen and oxygen atoms in total. The van der Waals surface area contributed by atoms with Crippen LogP contribution in [0.2, 0.25) is 0 Å². The minimum absolute atomic E-state index is 0.0893. The SMILES string of the molecule is Nc1cc(NCc2ccccc2)ccc1C(c1ccc(NCc2ccccc2)cc1N)c1ccc(S(N)(=O)(O)CC(=O)Oc2ccc(C(=O)c3ccccc3)c(O)c2)cc1S(=O)(=O)[O-].